The predicted molar refractivity (Wildman–Crippen MR) is 85.9 cm³/mol. The Hall–Kier alpha value is -2.83. The summed E-state index contributed by atoms with van der Waals surface area (Å²) in [5.41, 5.74) is 5.46. The molecule has 1 aromatic heterocycles. The second-order valence-corrected chi connectivity index (χ2v) is 6.35. The van der Waals surface area contributed by atoms with E-state index in [1.165, 1.54) is 7.11 Å². The number of carbonyl (C=O) groups is 2. The Bertz CT molecular complexity index is 866. The minimum atomic E-state index is -0.554. The first-order valence-corrected chi connectivity index (χ1v) is 7.73. The summed E-state index contributed by atoms with van der Waals surface area (Å²) in [5.74, 6) is 0.707. The number of amides is 2. The quantitative estimate of drug-likeness (QED) is 0.852. The van der Waals surface area contributed by atoms with E-state index in [2.05, 4.69) is 10.3 Å². The van der Waals surface area contributed by atoms with Gasteiger partial charge in [0.25, 0.3) is 5.91 Å². The summed E-state index contributed by atoms with van der Waals surface area (Å²) in [7, 11) is 1.48. The van der Waals surface area contributed by atoms with Crippen molar-refractivity contribution in [2.24, 2.45) is 11.7 Å². The maximum Gasteiger partial charge on any atom is 0.252 e. The molecule has 7 nitrogen and oxygen atoms in total. The van der Waals surface area contributed by atoms with Crippen LogP contribution in [0.2, 0.25) is 0 Å². The van der Waals surface area contributed by atoms with Gasteiger partial charge in [0.05, 0.1) is 18.2 Å². The van der Waals surface area contributed by atoms with Crippen LogP contribution in [0.4, 0.5) is 0 Å². The number of pyridine rings is 1. The van der Waals surface area contributed by atoms with E-state index in [0.29, 0.717) is 36.1 Å². The molecule has 1 saturated heterocycles. The highest BCUT2D eigenvalue weighted by atomic mass is 16.5. The molecule has 2 aromatic rings. The topological polar surface area (TPSA) is 104 Å². The number of nitrogens with two attached hydrogens (primary N) is 1. The van der Waals surface area contributed by atoms with E-state index in [4.69, 9.17) is 15.2 Å². The van der Waals surface area contributed by atoms with Crippen LogP contribution >= 0.6 is 0 Å². The molecule has 1 aliphatic carbocycles. The molecule has 2 heterocycles. The molecule has 124 valence electrons. The van der Waals surface area contributed by atoms with Crippen molar-refractivity contribution < 1.29 is 19.1 Å². The van der Waals surface area contributed by atoms with Crippen molar-refractivity contribution in [3.05, 3.63) is 30.0 Å². The normalized spacial score (nSPS) is 24.4. The fourth-order valence-corrected chi connectivity index (χ4v) is 3.41. The van der Waals surface area contributed by atoms with Crippen LogP contribution in [0.15, 0.2) is 24.4 Å². The number of aromatic nitrogens is 1. The first-order chi connectivity index (χ1) is 11.5. The van der Waals surface area contributed by atoms with E-state index in [1.807, 2.05) is 0 Å². The molecule has 1 aliphatic heterocycles. The number of hydrogen-bond acceptors (Lipinski definition) is 5. The number of nitrogens with one attached hydrogen (secondary N) is 1. The maximum atomic E-state index is 11.5. The van der Waals surface area contributed by atoms with Gasteiger partial charge in [0.2, 0.25) is 11.8 Å². The van der Waals surface area contributed by atoms with Crippen LogP contribution in [0.1, 0.15) is 23.2 Å². The number of primary amides is 1. The van der Waals surface area contributed by atoms with E-state index < -0.39 is 5.91 Å². The zero-order valence-corrected chi connectivity index (χ0v) is 13.2. The minimum absolute atomic E-state index is 0.0773. The SMILES string of the molecule is COc1cc2c(OC[C@@]34C[C@@H]3CC(=O)N4)nccc2cc1C(N)=O. The highest BCUT2D eigenvalue weighted by Gasteiger charge is 2.61. The third-order valence-electron chi connectivity index (χ3n) is 4.83. The van der Waals surface area contributed by atoms with Gasteiger partial charge in [-0.25, -0.2) is 4.98 Å². The fraction of sp³-hybridized carbons (Fsp3) is 0.353. The van der Waals surface area contributed by atoms with Gasteiger partial charge in [0.1, 0.15) is 12.4 Å². The molecule has 4 rings (SSSR count). The number of rotatable bonds is 5. The van der Waals surface area contributed by atoms with Crippen LogP contribution in [0, 0.1) is 5.92 Å². The second-order valence-electron chi connectivity index (χ2n) is 6.35. The molecule has 2 amide bonds. The van der Waals surface area contributed by atoms with Crippen LogP contribution in [-0.4, -0.2) is 36.1 Å². The van der Waals surface area contributed by atoms with Crippen molar-refractivity contribution in [3.63, 3.8) is 0 Å². The number of methoxy groups -OCH3 is 1. The van der Waals surface area contributed by atoms with Crippen LogP contribution < -0.4 is 20.5 Å². The van der Waals surface area contributed by atoms with Gasteiger partial charge in [0.15, 0.2) is 0 Å². The number of hydrogen-bond donors (Lipinski definition) is 2. The largest absolute Gasteiger partial charge is 0.496 e. The van der Waals surface area contributed by atoms with Gasteiger partial charge in [-0.2, -0.15) is 0 Å². The molecule has 1 aromatic carbocycles. The van der Waals surface area contributed by atoms with Crippen LogP contribution in [0.3, 0.4) is 0 Å². The number of ether oxygens (including phenoxy) is 2. The molecular weight excluding hydrogens is 310 g/mol. The van der Waals surface area contributed by atoms with Crippen LogP contribution in [-0.2, 0) is 4.79 Å². The molecule has 0 unspecified atom stereocenters. The van der Waals surface area contributed by atoms with Gasteiger partial charge in [-0.15, -0.1) is 0 Å². The van der Waals surface area contributed by atoms with Gasteiger partial charge in [-0.3, -0.25) is 9.59 Å². The molecule has 24 heavy (non-hydrogen) atoms. The first-order valence-electron chi connectivity index (χ1n) is 7.73. The number of piperidine rings is 1. The van der Waals surface area contributed by atoms with Gasteiger partial charge in [-0.05, 0) is 35.9 Å². The van der Waals surface area contributed by atoms with E-state index in [0.717, 1.165) is 17.2 Å². The Kier molecular flexibility index (Phi) is 3.13. The van der Waals surface area contributed by atoms with E-state index >= 15 is 0 Å². The lowest BCUT2D eigenvalue weighted by Gasteiger charge is -2.16. The number of benzene rings is 1. The number of carbonyl (C=O) groups excluding carboxylic acids is 2. The highest BCUT2D eigenvalue weighted by molar-refractivity contribution is 6.01. The number of nitrogens with zero attached hydrogens (tertiary/aromatic N) is 1. The summed E-state index contributed by atoms with van der Waals surface area (Å²) in [6.07, 6.45) is 3.13. The molecule has 1 saturated carbocycles. The molecule has 2 atom stereocenters. The Morgan fingerprint density at radius 3 is 3.00 bits per heavy atom. The van der Waals surface area contributed by atoms with Crippen molar-refractivity contribution >= 4 is 22.6 Å². The van der Waals surface area contributed by atoms with Crippen molar-refractivity contribution in [2.45, 2.75) is 18.4 Å². The van der Waals surface area contributed by atoms with Gasteiger partial charge < -0.3 is 20.5 Å². The summed E-state index contributed by atoms with van der Waals surface area (Å²) in [6, 6.07) is 5.15. The third-order valence-corrected chi connectivity index (χ3v) is 4.83. The monoisotopic (exact) mass is 327 g/mol. The van der Waals surface area contributed by atoms with Crippen LogP contribution in [0.5, 0.6) is 11.6 Å². The second kappa shape index (κ2) is 5.09. The molecule has 2 aliphatic rings. The Morgan fingerprint density at radius 1 is 1.50 bits per heavy atom. The molecule has 0 spiro atoms. The van der Waals surface area contributed by atoms with Crippen LogP contribution in [0.25, 0.3) is 10.8 Å². The smallest absolute Gasteiger partial charge is 0.252 e. The van der Waals surface area contributed by atoms with Gasteiger partial charge in [-0.1, -0.05) is 0 Å². The third kappa shape index (κ3) is 2.24. The summed E-state index contributed by atoms with van der Waals surface area (Å²) in [6.45, 7) is 0.384. The summed E-state index contributed by atoms with van der Waals surface area (Å²) < 4.78 is 11.1. The van der Waals surface area contributed by atoms with Gasteiger partial charge in [0, 0.05) is 18.0 Å². The lowest BCUT2D eigenvalue weighted by molar-refractivity contribution is -0.120. The molecule has 3 N–H and O–H groups in total. The Morgan fingerprint density at radius 2 is 2.33 bits per heavy atom. The van der Waals surface area contributed by atoms with E-state index in [-0.39, 0.29) is 11.4 Å². The van der Waals surface area contributed by atoms with E-state index in [1.54, 1.807) is 24.4 Å². The highest BCUT2D eigenvalue weighted by Crippen LogP contribution is 2.50. The maximum absolute atomic E-state index is 11.5. The average molecular weight is 327 g/mol. The van der Waals surface area contributed by atoms with Gasteiger partial charge >= 0.3 is 0 Å². The molecule has 2 fully saturated rings. The lowest BCUT2D eigenvalue weighted by atomic mass is 10.1. The van der Waals surface area contributed by atoms with Crippen molar-refractivity contribution in [2.75, 3.05) is 13.7 Å². The standard InChI is InChI=1S/C17H17N3O4/c1-23-13-6-11-9(4-12(13)15(18)22)2-3-19-16(11)24-8-17-7-10(17)5-14(21)20-17/h2-4,6,10H,5,7-8H2,1H3,(H2,18,22)(H,20,21)/t10-,17-/m0/s1. The summed E-state index contributed by atoms with van der Waals surface area (Å²) in [5, 5.41) is 4.51. The van der Waals surface area contributed by atoms with Crippen molar-refractivity contribution in [1.82, 2.24) is 10.3 Å². The Labute approximate surface area is 138 Å². The summed E-state index contributed by atoms with van der Waals surface area (Å²) in [4.78, 5) is 27.3. The number of fused-ring (bicyclic) bond motifs is 2. The molecular formula is C17H17N3O4. The Balaban J connectivity index is 1.66. The first kappa shape index (κ1) is 14.7. The van der Waals surface area contributed by atoms with Crippen molar-refractivity contribution in [3.8, 4) is 11.6 Å². The molecule has 0 radical (unpaired) electrons. The minimum Gasteiger partial charge on any atom is -0.496 e. The van der Waals surface area contributed by atoms with Crippen molar-refractivity contribution in [1.29, 1.82) is 0 Å². The zero-order valence-electron chi connectivity index (χ0n) is 13.2. The molecule has 7 heteroatoms. The zero-order chi connectivity index (χ0) is 16.9. The average Bonchev–Trinajstić information content (AvgIpc) is 3.13. The molecule has 0 bridgehead atoms. The predicted octanol–water partition coefficient (Wildman–Crippen LogP) is 1.000. The van der Waals surface area contributed by atoms with E-state index in [9.17, 15) is 9.59 Å². The fourth-order valence-electron chi connectivity index (χ4n) is 3.41. The summed E-state index contributed by atoms with van der Waals surface area (Å²) >= 11 is 0. The lowest BCUT2D eigenvalue weighted by Crippen LogP contribution is -2.37.